The molecular weight excluding hydrogens is 277 g/mol. The highest BCUT2D eigenvalue weighted by Gasteiger charge is 2.20. The third kappa shape index (κ3) is 2.34. The zero-order valence-electron chi connectivity index (χ0n) is 11.7. The zero-order valence-corrected chi connectivity index (χ0v) is 12.4. The van der Waals surface area contributed by atoms with Crippen molar-refractivity contribution in [3.05, 3.63) is 40.4 Å². The average molecular weight is 294 g/mol. The quantitative estimate of drug-likeness (QED) is 0.802. The van der Waals surface area contributed by atoms with Crippen molar-refractivity contribution >= 4 is 11.6 Å². The molecular formula is C15H17ClFN3. The van der Waals surface area contributed by atoms with Gasteiger partial charge in [-0.15, -0.1) is 0 Å². The molecule has 1 aromatic heterocycles. The molecule has 0 saturated carbocycles. The number of hydrogen-bond acceptors (Lipinski definition) is 2. The summed E-state index contributed by atoms with van der Waals surface area (Å²) in [7, 11) is 2.11. The van der Waals surface area contributed by atoms with Gasteiger partial charge in [0.05, 0.1) is 16.4 Å². The first kappa shape index (κ1) is 13.6. The molecule has 0 N–H and O–H groups in total. The standard InChI is InChI=1S/C15H17ClFN3/c1-10-14-9-19(2)6-3-7-20(14)15(18-10)11-4-5-12(16)13(17)8-11/h4-5,8H,3,6-7,9H2,1-2H3. The lowest BCUT2D eigenvalue weighted by molar-refractivity contribution is 0.331. The Balaban J connectivity index is 2.10. The molecule has 1 aliphatic heterocycles. The van der Waals surface area contributed by atoms with E-state index in [-0.39, 0.29) is 5.02 Å². The molecule has 0 unspecified atom stereocenters. The number of rotatable bonds is 1. The van der Waals surface area contributed by atoms with Gasteiger partial charge in [0, 0.05) is 18.7 Å². The van der Waals surface area contributed by atoms with E-state index in [1.54, 1.807) is 6.07 Å². The summed E-state index contributed by atoms with van der Waals surface area (Å²) in [6.07, 6.45) is 1.07. The van der Waals surface area contributed by atoms with Crippen LogP contribution in [-0.2, 0) is 13.1 Å². The van der Waals surface area contributed by atoms with E-state index in [0.29, 0.717) is 0 Å². The minimum atomic E-state index is -0.398. The van der Waals surface area contributed by atoms with Crippen molar-refractivity contribution in [1.82, 2.24) is 14.5 Å². The van der Waals surface area contributed by atoms with E-state index in [0.717, 1.165) is 43.1 Å². The first-order valence-corrected chi connectivity index (χ1v) is 7.14. The van der Waals surface area contributed by atoms with Gasteiger partial charge in [-0.25, -0.2) is 9.37 Å². The summed E-state index contributed by atoms with van der Waals surface area (Å²) in [5, 5.41) is 0.146. The van der Waals surface area contributed by atoms with Crippen molar-refractivity contribution < 1.29 is 4.39 Å². The lowest BCUT2D eigenvalue weighted by Crippen LogP contribution is -2.17. The van der Waals surface area contributed by atoms with Gasteiger partial charge in [-0.3, -0.25) is 0 Å². The molecule has 3 nitrogen and oxygen atoms in total. The van der Waals surface area contributed by atoms with Crippen LogP contribution in [0.5, 0.6) is 0 Å². The Morgan fingerprint density at radius 2 is 2.10 bits per heavy atom. The van der Waals surface area contributed by atoms with Crippen LogP contribution in [0.25, 0.3) is 11.4 Å². The highest BCUT2D eigenvalue weighted by atomic mass is 35.5. The number of aromatic nitrogens is 2. The molecule has 2 heterocycles. The van der Waals surface area contributed by atoms with E-state index in [9.17, 15) is 4.39 Å². The first-order chi connectivity index (χ1) is 9.56. The summed E-state index contributed by atoms with van der Waals surface area (Å²) in [5.41, 5.74) is 3.02. The summed E-state index contributed by atoms with van der Waals surface area (Å²) in [4.78, 5) is 6.93. The van der Waals surface area contributed by atoms with Crippen molar-refractivity contribution in [2.75, 3.05) is 13.6 Å². The Labute approximate surface area is 123 Å². The van der Waals surface area contributed by atoms with Gasteiger partial charge in [0.25, 0.3) is 0 Å². The van der Waals surface area contributed by atoms with Crippen molar-refractivity contribution in [1.29, 1.82) is 0 Å². The first-order valence-electron chi connectivity index (χ1n) is 6.76. The summed E-state index contributed by atoms with van der Waals surface area (Å²) in [6.45, 7) is 4.88. The third-order valence-electron chi connectivity index (χ3n) is 3.79. The zero-order chi connectivity index (χ0) is 14.3. The van der Waals surface area contributed by atoms with Crippen LogP contribution in [0.2, 0.25) is 5.02 Å². The number of nitrogens with zero attached hydrogens (tertiary/aromatic N) is 3. The second-order valence-electron chi connectivity index (χ2n) is 5.34. The fourth-order valence-electron chi connectivity index (χ4n) is 2.74. The molecule has 0 saturated heterocycles. The minimum absolute atomic E-state index is 0.146. The monoisotopic (exact) mass is 293 g/mol. The third-order valence-corrected chi connectivity index (χ3v) is 4.10. The Kier molecular flexibility index (Phi) is 3.52. The largest absolute Gasteiger partial charge is 0.327 e. The summed E-state index contributed by atoms with van der Waals surface area (Å²) in [6, 6.07) is 4.88. The maximum atomic E-state index is 13.7. The van der Waals surface area contributed by atoms with Crippen LogP contribution in [0.3, 0.4) is 0 Å². The second-order valence-corrected chi connectivity index (χ2v) is 5.75. The Morgan fingerprint density at radius 3 is 2.85 bits per heavy atom. The topological polar surface area (TPSA) is 21.1 Å². The van der Waals surface area contributed by atoms with E-state index in [1.807, 2.05) is 13.0 Å². The van der Waals surface area contributed by atoms with Gasteiger partial charge in [0.15, 0.2) is 0 Å². The van der Waals surface area contributed by atoms with Crippen LogP contribution in [-0.4, -0.2) is 28.0 Å². The maximum Gasteiger partial charge on any atom is 0.142 e. The number of fused-ring (bicyclic) bond motifs is 1. The average Bonchev–Trinajstić information content (AvgIpc) is 2.60. The fraction of sp³-hybridized carbons (Fsp3) is 0.400. The number of hydrogen-bond donors (Lipinski definition) is 0. The van der Waals surface area contributed by atoms with E-state index in [1.165, 1.54) is 11.8 Å². The van der Waals surface area contributed by atoms with E-state index < -0.39 is 5.82 Å². The molecule has 20 heavy (non-hydrogen) atoms. The molecule has 2 aromatic rings. The molecule has 0 spiro atoms. The van der Waals surface area contributed by atoms with Crippen LogP contribution >= 0.6 is 11.6 Å². The number of benzene rings is 1. The molecule has 0 fully saturated rings. The van der Waals surface area contributed by atoms with Gasteiger partial charge < -0.3 is 9.47 Å². The maximum absolute atomic E-state index is 13.7. The summed E-state index contributed by atoms with van der Waals surface area (Å²) >= 11 is 5.75. The highest BCUT2D eigenvalue weighted by Crippen LogP contribution is 2.27. The predicted octanol–water partition coefficient (Wildman–Crippen LogP) is 3.49. The van der Waals surface area contributed by atoms with Crippen molar-refractivity contribution in [2.24, 2.45) is 0 Å². The normalized spacial score (nSPS) is 16.0. The molecule has 0 radical (unpaired) electrons. The van der Waals surface area contributed by atoms with Gasteiger partial charge in [-0.2, -0.15) is 0 Å². The Hall–Kier alpha value is -1.39. The summed E-state index contributed by atoms with van der Waals surface area (Å²) < 4.78 is 15.9. The molecule has 1 aliphatic rings. The summed E-state index contributed by atoms with van der Waals surface area (Å²) in [5.74, 6) is 0.438. The molecule has 1 aromatic carbocycles. The van der Waals surface area contributed by atoms with Crippen LogP contribution in [0.1, 0.15) is 17.8 Å². The van der Waals surface area contributed by atoms with E-state index in [2.05, 4.69) is 21.5 Å². The lowest BCUT2D eigenvalue weighted by atomic mass is 10.2. The minimum Gasteiger partial charge on any atom is -0.327 e. The van der Waals surface area contributed by atoms with Crippen LogP contribution in [0.4, 0.5) is 4.39 Å². The molecule has 3 rings (SSSR count). The van der Waals surface area contributed by atoms with Crippen LogP contribution in [0, 0.1) is 12.7 Å². The Bertz CT molecular complexity index is 651. The van der Waals surface area contributed by atoms with Gasteiger partial charge >= 0.3 is 0 Å². The number of aryl methyl sites for hydroxylation is 1. The van der Waals surface area contributed by atoms with Gasteiger partial charge in [0.1, 0.15) is 11.6 Å². The van der Waals surface area contributed by atoms with Crippen LogP contribution < -0.4 is 0 Å². The number of imidazole rings is 1. The van der Waals surface area contributed by atoms with E-state index >= 15 is 0 Å². The highest BCUT2D eigenvalue weighted by molar-refractivity contribution is 6.30. The van der Waals surface area contributed by atoms with Gasteiger partial charge in [0.2, 0.25) is 0 Å². The smallest absolute Gasteiger partial charge is 0.142 e. The lowest BCUT2D eigenvalue weighted by Gasteiger charge is -2.12. The van der Waals surface area contributed by atoms with Crippen LogP contribution in [0.15, 0.2) is 18.2 Å². The molecule has 0 atom stereocenters. The molecule has 0 aliphatic carbocycles. The van der Waals surface area contributed by atoms with Crippen molar-refractivity contribution in [3.8, 4) is 11.4 Å². The molecule has 106 valence electrons. The fourth-order valence-corrected chi connectivity index (χ4v) is 2.85. The predicted molar refractivity (Wildman–Crippen MR) is 78.3 cm³/mol. The van der Waals surface area contributed by atoms with Crippen molar-refractivity contribution in [2.45, 2.75) is 26.4 Å². The Morgan fingerprint density at radius 1 is 1.30 bits per heavy atom. The molecule has 0 bridgehead atoms. The van der Waals surface area contributed by atoms with Gasteiger partial charge in [-0.05, 0) is 45.1 Å². The van der Waals surface area contributed by atoms with Gasteiger partial charge in [-0.1, -0.05) is 11.6 Å². The molecule has 5 heteroatoms. The molecule has 0 amide bonds. The van der Waals surface area contributed by atoms with Crippen molar-refractivity contribution in [3.63, 3.8) is 0 Å². The number of halogens is 2. The second kappa shape index (κ2) is 5.19. The SMILES string of the molecule is Cc1nc(-c2ccc(Cl)c(F)c2)n2c1CN(C)CCC2. The van der Waals surface area contributed by atoms with E-state index in [4.69, 9.17) is 11.6 Å².